The third-order valence-corrected chi connectivity index (χ3v) is 7.74. The van der Waals surface area contributed by atoms with Crippen LogP contribution in [0.25, 0.3) is 21.5 Å². The molecule has 8 nitrogen and oxygen atoms in total. The van der Waals surface area contributed by atoms with Crippen LogP contribution < -0.4 is 10.6 Å². The quantitative estimate of drug-likeness (QED) is 0.190. The Hall–Kier alpha value is -4.72. The molecule has 0 spiro atoms. The second-order valence-electron chi connectivity index (χ2n) is 10.7. The van der Waals surface area contributed by atoms with E-state index in [2.05, 4.69) is 10.6 Å². The molecule has 2 amide bonds. The third-order valence-electron chi connectivity index (χ3n) is 7.74. The van der Waals surface area contributed by atoms with Gasteiger partial charge in [-0.2, -0.15) is 0 Å². The van der Waals surface area contributed by atoms with Crippen LogP contribution >= 0.6 is 0 Å². The molecular formula is C35H40N2O6. The molecule has 3 N–H and O–H groups in total. The smallest absolute Gasteiger partial charge is 0.328 e. The summed E-state index contributed by atoms with van der Waals surface area (Å²) in [6, 6.07) is 24.9. The van der Waals surface area contributed by atoms with Gasteiger partial charge in [-0.3, -0.25) is 9.59 Å². The Kier molecular flexibility index (Phi) is 11.8. The zero-order valence-corrected chi connectivity index (χ0v) is 25.3. The molecule has 0 bridgehead atoms. The normalized spacial score (nSPS) is 13.5. The number of carbonyl (C=O) groups excluding carboxylic acids is 3. The predicted molar refractivity (Wildman–Crippen MR) is 169 cm³/mol. The van der Waals surface area contributed by atoms with E-state index in [1.165, 1.54) is 7.11 Å². The van der Waals surface area contributed by atoms with Crippen LogP contribution in [0.5, 0.6) is 0 Å². The van der Waals surface area contributed by atoms with Gasteiger partial charge in [-0.25, -0.2) is 9.59 Å². The second-order valence-corrected chi connectivity index (χ2v) is 10.7. The van der Waals surface area contributed by atoms with Gasteiger partial charge in [-0.05, 0) is 57.6 Å². The number of carboxylic acids is 1. The summed E-state index contributed by atoms with van der Waals surface area (Å²) < 4.78 is 4.79. The van der Waals surface area contributed by atoms with Gasteiger partial charge in [0.05, 0.1) is 7.11 Å². The Morgan fingerprint density at radius 2 is 1.05 bits per heavy atom. The standard InChI is InChI=1S/C18H21NO3.C17H19NO3/c1-4-12(2)16(18(21)22-3)19-17(20)15-10-9-13-7-5-6-8-14(13)11-15;1-3-11(2)15(17(20)21)18-16(19)14-9-8-12-6-4-5-7-13(12)10-14/h5-12,16H,4H2,1-3H3,(H,19,20);4-11,15H,3H2,1-2H3,(H,18,19)(H,20,21)/t12-,16-;11-,15-/m00/s1. The predicted octanol–water partition coefficient (Wildman–Crippen LogP) is 6.23. The molecule has 4 aromatic carbocycles. The summed E-state index contributed by atoms with van der Waals surface area (Å²) in [6.07, 6.45) is 1.47. The maximum atomic E-state index is 12.4. The molecule has 43 heavy (non-hydrogen) atoms. The van der Waals surface area contributed by atoms with E-state index in [0.29, 0.717) is 17.5 Å². The number of fused-ring (bicyclic) bond motifs is 2. The fourth-order valence-corrected chi connectivity index (χ4v) is 4.59. The Morgan fingerprint density at radius 1 is 0.651 bits per heavy atom. The minimum atomic E-state index is -1.00. The number of methoxy groups -OCH3 is 1. The van der Waals surface area contributed by atoms with Crippen molar-refractivity contribution in [2.45, 2.75) is 52.6 Å². The van der Waals surface area contributed by atoms with E-state index in [-0.39, 0.29) is 23.7 Å². The van der Waals surface area contributed by atoms with Crippen LogP contribution in [0.2, 0.25) is 0 Å². The van der Waals surface area contributed by atoms with Crippen LogP contribution in [-0.4, -0.2) is 48.1 Å². The zero-order valence-electron chi connectivity index (χ0n) is 25.3. The number of carboxylic acid groups (broad SMARTS) is 1. The SMILES string of the molecule is CC[C@H](C)[C@H](NC(=O)c1ccc2ccccc2c1)C(=O)O.CC[C@H](C)[C@H](NC(=O)c1ccc2ccccc2c1)C(=O)OC. The summed E-state index contributed by atoms with van der Waals surface area (Å²) in [6.45, 7) is 7.62. The maximum Gasteiger partial charge on any atom is 0.328 e. The molecule has 0 aliphatic rings. The Morgan fingerprint density at radius 3 is 1.44 bits per heavy atom. The lowest BCUT2D eigenvalue weighted by atomic mass is 9.98. The van der Waals surface area contributed by atoms with Crippen LogP contribution in [0.1, 0.15) is 61.3 Å². The molecule has 0 fully saturated rings. The van der Waals surface area contributed by atoms with Gasteiger partial charge in [-0.15, -0.1) is 0 Å². The van der Waals surface area contributed by atoms with Crippen molar-refractivity contribution in [3.8, 4) is 0 Å². The van der Waals surface area contributed by atoms with Crippen molar-refractivity contribution in [2.75, 3.05) is 7.11 Å². The van der Waals surface area contributed by atoms with Crippen molar-refractivity contribution >= 4 is 45.3 Å². The van der Waals surface area contributed by atoms with E-state index in [4.69, 9.17) is 4.74 Å². The van der Waals surface area contributed by atoms with Crippen LogP contribution in [0.3, 0.4) is 0 Å². The monoisotopic (exact) mass is 584 g/mol. The van der Waals surface area contributed by atoms with Gasteiger partial charge in [-0.1, -0.05) is 101 Å². The summed E-state index contributed by atoms with van der Waals surface area (Å²) in [7, 11) is 1.33. The average molecular weight is 585 g/mol. The summed E-state index contributed by atoms with van der Waals surface area (Å²) in [5, 5.41) is 18.7. The number of benzene rings is 4. The molecule has 0 heterocycles. The van der Waals surface area contributed by atoms with Crippen molar-refractivity contribution in [1.29, 1.82) is 0 Å². The molecule has 0 aliphatic carbocycles. The first-order chi connectivity index (χ1) is 20.6. The van der Waals surface area contributed by atoms with Crippen molar-refractivity contribution < 1.29 is 29.0 Å². The Balaban J connectivity index is 0.000000236. The topological polar surface area (TPSA) is 122 Å². The first-order valence-electron chi connectivity index (χ1n) is 14.5. The molecule has 0 aliphatic heterocycles. The highest BCUT2D eigenvalue weighted by atomic mass is 16.5. The summed E-state index contributed by atoms with van der Waals surface area (Å²) in [5.74, 6) is -2.14. The van der Waals surface area contributed by atoms with Crippen LogP contribution in [0, 0.1) is 11.8 Å². The van der Waals surface area contributed by atoms with Crippen LogP contribution in [-0.2, 0) is 14.3 Å². The highest BCUT2D eigenvalue weighted by molar-refractivity contribution is 6.01. The van der Waals surface area contributed by atoms with Crippen LogP contribution in [0.15, 0.2) is 84.9 Å². The Bertz CT molecular complexity index is 1580. The number of esters is 1. The van der Waals surface area contributed by atoms with Gasteiger partial charge in [0.1, 0.15) is 12.1 Å². The number of aliphatic carboxylic acids is 1. The summed E-state index contributed by atoms with van der Waals surface area (Å²) in [4.78, 5) is 47.8. The van der Waals surface area contributed by atoms with Crippen molar-refractivity contribution in [3.63, 3.8) is 0 Å². The number of amides is 2. The van der Waals surface area contributed by atoms with Crippen molar-refractivity contribution in [2.24, 2.45) is 11.8 Å². The molecule has 4 aromatic rings. The molecule has 0 saturated carbocycles. The van der Waals surface area contributed by atoms with Gasteiger partial charge >= 0.3 is 11.9 Å². The first kappa shape index (κ1) is 32.8. The molecule has 0 radical (unpaired) electrons. The van der Waals surface area contributed by atoms with E-state index in [0.717, 1.165) is 28.0 Å². The zero-order chi connectivity index (χ0) is 31.5. The number of ether oxygens (including phenoxy) is 1. The first-order valence-corrected chi connectivity index (χ1v) is 14.5. The lowest BCUT2D eigenvalue weighted by Gasteiger charge is -2.21. The Labute approximate surface area is 252 Å². The molecule has 0 aromatic heterocycles. The van der Waals surface area contributed by atoms with Gasteiger partial charge in [0, 0.05) is 11.1 Å². The van der Waals surface area contributed by atoms with Gasteiger partial charge < -0.3 is 20.5 Å². The van der Waals surface area contributed by atoms with Crippen molar-refractivity contribution in [3.05, 3.63) is 96.1 Å². The fraction of sp³-hybridized carbons (Fsp3) is 0.314. The number of carbonyl (C=O) groups is 4. The molecule has 226 valence electrons. The molecule has 8 heteroatoms. The van der Waals surface area contributed by atoms with E-state index < -0.39 is 24.0 Å². The lowest BCUT2D eigenvalue weighted by molar-refractivity contribution is -0.144. The summed E-state index contributed by atoms with van der Waals surface area (Å²) >= 11 is 0. The molecular weight excluding hydrogens is 544 g/mol. The fourth-order valence-electron chi connectivity index (χ4n) is 4.59. The van der Waals surface area contributed by atoms with E-state index in [9.17, 15) is 24.3 Å². The number of hydrogen-bond donors (Lipinski definition) is 3. The lowest BCUT2D eigenvalue weighted by Crippen LogP contribution is -2.45. The number of hydrogen-bond acceptors (Lipinski definition) is 5. The minimum absolute atomic E-state index is 0.0110. The molecule has 4 atom stereocenters. The molecule has 4 rings (SSSR count). The second kappa shape index (κ2) is 15.5. The largest absolute Gasteiger partial charge is 0.480 e. The molecule has 0 unspecified atom stereocenters. The van der Waals surface area contributed by atoms with E-state index in [1.54, 1.807) is 18.2 Å². The van der Waals surface area contributed by atoms with Gasteiger partial charge in [0.15, 0.2) is 0 Å². The minimum Gasteiger partial charge on any atom is -0.480 e. The van der Waals surface area contributed by atoms with E-state index in [1.807, 2.05) is 94.4 Å². The van der Waals surface area contributed by atoms with Crippen LogP contribution in [0.4, 0.5) is 0 Å². The van der Waals surface area contributed by atoms with Crippen molar-refractivity contribution in [1.82, 2.24) is 10.6 Å². The number of rotatable bonds is 10. The number of nitrogens with one attached hydrogen (secondary N) is 2. The summed E-state index contributed by atoms with van der Waals surface area (Å²) in [5.41, 5.74) is 1.01. The van der Waals surface area contributed by atoms with Gasteiger partial charge in [0.25, 0.3) is 11.8 Å². The maximum absolute atomic E-state index is 12.4. The highest BCUT2D eigenvalue weighted by Gasteiger charge is 2.27. The molecule has 0 saturated heterocycles. The highest BCUT2D eigenvalue weighted by Crippen LogP contribution is 2.18. The average Bonchev–Trinajstić information content (AvgIpc) is 3.04. The van der Waals surface area contributed by atoms with E-state index >= 15 is 0 Å². The third kappa shape index (κ3) is 8.64. The van der Waals surface area contributed by atoms with Gasteiger partial charge in [0.2, 0.25) is 0 Å².